The lowest BCUT2D eigenvalue weighted by atomic mass is 10.0. The van der Waals surface area contributed by atoms with E-state index in [2.05, 4.69) is 52.3 Å². The zero-order valence-corrected chi connectivity index (χ0v) is 18.8. The maximum atomic E-state index is 9.93. The van der Waals surface area contributed by atoms with Crippen LogP contribution in [-0.4, -0.2) is 42.7 Å². The number of ether oxygens (including phenoxy) is 1. The zero-order valence-electron chi connectivity index (χ0n) is 18.8. The molecule has 2 aromatic carbocycles. The van der Waals surface area contributed by atoms with Crippen LogP contribution in [0.2, 0.25) is 0 Å². The van der Waals surface area contributed by atoms with E-state index in [9.17, 15) is 5.26 Å². The van der Waals surface area contributed by atoms with Crippen LogP contribution < -0.4 is 14.5 Å². The van der Waals surface area contributed by atoms with E-state index in [1.165, 1.54) is 17.1 Å². The van der Waals surface area contributed by atoms with Crippen molar-refractivity contribution in [1.29, 1.82) is 5.26 Å². The minimum Gasteiger partial charge on any atom is -0.497 e. The number of nitrogens with zero attached hydrogens (tertiary/aromatic N) is 5. The summed E-state index contributed by atoms with van der Waals surface area (Å²) in [6.07, 6.45) is 0.872. The molecular weight excluding hydrogens is 398 g/mol. The molecule has 2 aromatic heterocycles. The summed E-state index contributed by atoms with van der Waals surface area (Å²) in [4.78, 5) is 9.73. The van der Waals surface area contributed by atoms with Gasteiger partial charge >= 0.3 is 0 Å². The Hall–Kier alpha value is -3.72. The molecule has 0 saturated carbocycles. The minimum absolute atomic E-state index is 0.679. The van der Waals surface area contributed by atoms with Gasteiger partial charge in [-0.25, -0.2) is 4.98 Å². The molecule has 5 rings (SSSR count). The molecular formula is C26H27N5O. The number of hydrogen-bond donors (Lipinski definition) is 0. The number of anilines is 2. The molecule has 0 atom stereocenters. The van der Waals surface area contributed by atoms with Crippen molar-refractivity contribution in [3.05, 3.63) is 65.2 Å². The number of piperazine rings is 1. The van der Waals surface area contributed by atoms with Gasteiger partial charge in [0.2, 0.25) is 0 Å². The van der Waals surface area contributed by atoms with E-state index in [-0.39, 0.29) is 0 Å². The molecule has 0 amide bonds. The second kappa shape index (κ2) is 8.08. The quantitative estimate of drug-likeness (QED) is 0.480. The van der Waals surface area contributed by atoms with Crippen molar-refractivity contribution in [2.75, 3.05) is 43.1 Å². The largest absolute Gasteiger partial charge is 0.497 e. The predicted molar refractivity (Wildman–Crippen MR) is 129 cm³/mol. The fourth-order valence-corrected chi connectivity index (χ4v) is 4.89. The first-order valence-electron chi connectivity index (χ1n) is 11.1. The molecule has 0 spiro atoms. The number of para-hydroxylation sites is 2. The molecule has 4 aromatic rings. The Morgan fingerprint density at radius 2 is 1.69 bits per heavy atom. The van der Waals surface area contributed by atoms with Gasteiger partial charge in [-0.2, -0.15) is 5.26 Å². The van der Waals surface area contributed by atoms with Gasteiger partial charge in [0.1, 0.15) is 17.6 Å². The van der Waals surface area contributed by atoms with Crippen molar-refractivity contribution >= 4 is 28.2 Å². The number of pyridine rings is 1. The monoisotopic (exact) mass is 425 g/mol. The van der Waals surface area contributed by atoms with Gasteiger partial charge in [0.15, 0.2) is 5.65 Å². The molecule has 6 heteroatoms. The highest BCUT2D eigenvalue weighted by Gasteiger charge is 2.26. The first-order valence-corrected chi connectivity index (χ1v) is 11.1. The average molecular weight is 426 g/mol. The van der Waals surface area contributed by atoms with Gasteiger partial charge in [-0.05, 0) is 60.9 Å². The lowest BCUT2D eigenvalue weighted by Crippen LogP contribution is -2.47. The molecule has 162 valence electrons. The molecule has 32 heavy (non-hydrogen) atoms. The first kappa shape index (κ1) is 20.2. The van der Waals surface area contributed by atoms with Crippen LogP contribution in [0.25, 0.3) is 16.7 Å². The zero-order chi connectivity index (χ0) is 22.2. The minimum atomic E-state index is 0.679. The summed E-state index contributed by atoms with van der Waals surface area (Å²) in [6, 6.07) is 18.9. The Balaban J connectivity index is 1.57. The Bertz CT molecular complexity index is 1320. The molecule has 1 saturated heterocycles. The molecule has 0 radical (unpaired) electrons. The first-order chi connectivity index (χ1) is 15.7. The van der Waals surface area contributed by atoms with E-state index in [1.807, 2.05) is 30.3 Å². The summed E-state index contributed by atoms with van der Waals surface area (Å²) in [5, 5.41) is 9.93. The van der Waals surface area contributed by atoms with Gasteiger partial charge < -0.3 is 14.5 Å². The molecule has 0 N–H and O–H groups in total. The van der Waals surface area contributed by atoms with E-state index in [0.717, 1.165) is 60.6 Å². The molecule has 1 aliphatic heterocycles. The Morgan fingerprint density at radius 1 is 1.00 bits per heavy atom. The van der Waals surface area contributed by atoms with E-state index in [0.29, 0.717) is 5.56 Å². The van der Waals surface area contributed by atoms with Crippen molar-refractivity contribution in [1.82, 2.24) is 9.38 Å². The molecule has 3 heterocycles. The summed E-state index contributed by atoms with van der Waals surface area (Å²) in [5.41, 5.74) is 6.92. The highest BCUT2D eigenvalue weighted by atomic mass is 16.5. The lowest BCUT2D eigenvalue weighted by Gasteiger charge is -2.38. The normalized spacial score (nSPS) is 14.2. The van der Waals surface area contributed by atoms with E-state index in [1.54, 1.807) is 7.11 Å². The number of hydrogen-bond acceptors (Lipinski definition) is 5. The van der Waals surface area contributed by atoms with Gasteiger partial charge in [-0.15, -0.1) is 0 Å². The number of aromatic nitrogens is 2. The Labute approximate surface area is 188 Å². The summed E-state index contributed by atoms with van der Waals surface area (Å²) < 4.78 is 7.51. The molecule has 6 nitrogen and oxygen atoms in total. The van der Waals surface area contributed by atoms with Crippen LogP contribution in [0, 0.1) is 18.3 Å². The van der Waals surface area contributed by atoms with Gasteiger partial charge in [-0.3, -0.25) is 4.40 Å². The third kappa shape index (κ3) is 3.13. The van der Waals surface area contributed by atoms with Gasteiger partial charge in [0.25, 0.3) is 0 Å². The van der Waals surface area contributed by atoms with Crippen molar-refractivity contribution < 1.29 is 4.74 Å². The number of methoxy groups -OCH3 is 1. The van der Waals surface area contributed by atoms with Crippen LogP contribution in [0.4, 0.5) is 11.5 Å². The molecule has 1 aliphatic rings. The second-order valence-electron chi connectivity index (χ2n) is 8.20. The van der Waals surface area contributed by atoms with Crippen LogP contribution in [0.3, 0.4) is 0 Å². The lowest BCUT2D eigenvalue weighted by molar-refractivity contribution is 0.415. The van der Waals surface area contributed by atoms with Gasteiger partial charge in [0.05, 0.1) is 23.7 Å². The summed E-state index contributed by atoms with van der Waals surface area (Å²) in [7, 11) is 1.69. The maximum Gasteiger partial charge on any atom is 0.157 e. The van der Waals surface area contributed by atoms with Crippen LogP contribution in [0.1, 0.15) is 23.6 Å². The third-order valence-corrected chi connectivity index (χ3v) is 6.58. The summed E-state index contributed by atoms with van der Waals surface area (Å²) >= 11 is 0. The fourth-order valence-electron chi connectivity index (χ4n) is 4.89. The number of fused-ring (bicyclic) bond motifs is 3. The highest BCUT2D eigenvalue weighted by Crippen LogP contribution is 2.34. The van der Waals surface area contributed by atoms with Crippen LogP contribution in [0.15, 0.2) is 48.5 Å². The predicted octanol–water partition coefficient (Wildman–Crippen LogP) is 4.57. The van der Waals surface area contributed by atoms with Gasteiger partial charge in [0, 0.05) is 31.9 Å². The molecule has 0 unspecified atom stereocenters. The summed E-state index contributed by atoms with van der Waals surface area (Å²) in [5.74, 6) is 2.06. The highest BCUT2D eigenvalue weighted by molar-refractivity contribution is 5.86. The number of rotatable bonds is 4. The van der Waals surface area contributed by atoms with Crippen LogP contribution in [-0.2, 0) is 6.42 Å². The average Bonchev–Trinajstić information content (AvgIpc) is 3.22. The van der Waals surface area contributed by atoms with Crippen LogP contribution >= 0.6 is 0 Å². The Kier molecular flexibility index (Phi) is 5.10. The Morgan fingerprint density at radius 3 is 2.34 bits per heavy atom. The van der Waals surface area contributed by atoms with Crippen molar-refractivity contribution in [3.8, 4) is 11.8 Å². The second-order valence-corrected chi connectivity index (χ2v) is 8.20. The maximum absolute atomic E-state index is 9.93. The number of benzene rings is 2. The molecule has 0 aliphatic carbocycles. The van der Waals surface area contributed by atoms with E-state index in [4.69, 9.17) is 9.72 Å². The topological polar surface area (TPSA) is 56.8 Å². The van der Waals surface area contributed by atoms with Crippen LogP contribution in [0.5, 0.6) is 5.75 Å². The van der Waals surface area contributed by atoms with Gasteiger partial charge in [-0.1, -0.05) is 19.1 Å². The SMILES string of the molecule is CCc1c(C)c(C#N)c2nc3ccccc3n2c1N1CCN(c2ccc(OC)cc2)CC1. The fraction of sp³-hybridized carbons (Fsp3) is 0.308. The third-order valence-electron chi connectivity index (χ3n) is 6.58. The van der Waals surface area contributed by atoms with Crippen molar-refractivity contribution in [2.45, 2.75) is 20.3 Å². The van der Waals surface area contributed by atoms with Crippen molar-refractivity contribution in [2.24, 2.45) is 0 Å². The standard InChI is InChI=1S/C26H27N5O/c1-4-21-18(2)22(17-27)25-28-23-7-5-6-8-24(23)31(25)26(21)30-15-13-29(14-16-30)19-9-11-20(32-3)12-10-19/h5-12H,4,13-16H2,1-3H3. The van der Waals surface area contributed by atoms with E-state index < -0.39 is 0 Å². The van der Waals surface area contributed by atoms with E-state index >= 15 is 0 Å². The van der Waals surface area contributed by atoms with Crippen molar-refractivity contribution in [3.63, 3.8) is 0 Å². The molecule has 0 bridgehead atoms. The smallest absolute Gasteiger partial charge is 0.157 e. The number of nitriles is 1. The number of imidazole rings is 1. The summed E-state index contributed by atoms with van der Waals surface area (Å²) in [6.45, 7) is 7.92. The molecule has 1 fully saturated rings.